The molecule has 1 unspecified atom stereocenters. The quantitative estimate of drug-likeness (QED) is 0.859. The highest BCUT2D eigenvalue weighted by molar-refractivity contribution is 9.10. The van der Waals surface area contributed by atoms with Crippen molar-refractivity contribution in [2.24, 2.45) is 0 Å². The van der Waals surface area contributed by atoms with Crippen molar-refractivity contribution >= 4 is 21.9 Å². The lowest BCUT2D eigenvalue weighted by Crippen LogP contribution is -2.03. The van der Waals surface area contributed by atoms with Crippen molar-refractivity contribution < 1.29 is 18.7 Å². The molecule has 88 valence electrons. The maximum Gasteiger partial charge on any atom is 0.303 e. The van der Waals surface area contributed by atoms with Crippen molar-refractivity contribution in [2.45, 2.75) is 25.7 Å². The summed E-state index contributed by atoms with van der Waals surface area (Å²) in [4.78, 5) is 10.4. The Kier molecular flexibility index (Phi) is 4.41. The predicted molar refractivity (Wildman–Crippen MR) is 59.3 cm³/mol. The second-order valence-corrected chi connectivity index (χ2v) is 4.48. The van der Waals surface area contributed by atoms with E-state index in [4.69, 9.17) is 5.11 Å². The monoisotopic (exact) mass is 292 g/mol. The van der Waals surface area contributed by atoms with Crippen LogP contribution < -0.4 is 0 Å². The lowest BCUT2D eigenvalue weighted by molar-refractivity contribution is -0.137. The van der Waals surface area contributed by atoms with E-state index in [-0.39, 0.29) is 28.8 Å². The van der Waals surface area contributed by atoms with Crippen molar-refractivity contribution in [3.63, 3.8) is 0 Å². The highest BCUT2D eigenvalue weighted by atomic mass is 79.9. The topological polar surface area (TPSA) is 37.3 Å². The predicted octanol–water partition coefficient (Wildman–Crippen LogP) is 3.70. The Hall–Kier alpha value is -0.970. The Labute approximate surface area is 100 Å². The zero-order chi connectivity index (χ0) is 12.3. The molecule has 0 aliphatic carbocycles. The van der Waals surface area contributed by atoms with Crippen molar-refractivity contribution in [2.75, 3.05) is 0 Å². The molecule has 0 saturated carbocycles. The molecule has 16 heavy (non-hydrogen) atoms. The van der Waals surface area contributed by atoms with Gasteiger partial charge in [0.25, 0.3) is 0 Å². The third kappa shape index (κ3) is 3.27. The van der Waals surface area contributed by atoms with E-state index in [9.17, 15) is 13.6 Å². The van der Waals surface area contributed by atoms with Crippen LogP contribution in [0.2, 0.25) is 0 Å². The van der Waals surface area contributed by atoms with Crippen LogP contribution in [-0.2, 0) is 4.79 Å². The number of benzene rings is 1. The zero-order valence-electron chi connectivity index (χ0n) is 8.64. The van der Waals surface area contributed by atoms with Crippen LogP contribution in [0.25, 0.3) is 0 Å². The summed E-state index contributed by atoms with van der Waals surface area (Å²) in [6.07, 6.45) is 0.228. The first kappa shape index (κ1) is 13.1. The highest BCUT2D eigenvalue weighted by Gasteiger charge is 2.15. The molecule has 0 amide bonds. The van der Waals surface area contributed by atoms with E-state index in [0.29, 0.717) is 0 Å². The van der Waals surface area contributed by atoms with Crippen LogP contribution in [0, 0.1) is 11.6 Å². The van der Waals surface area contributed by atoms with Gasteiger partial charge in [-0.05, 0) is 46.0 Å². The Morgan fingerprint density at radius 1 is 1.44 bits per heavy atom. The van der Waals surface area contributed by atoms with Gasteiger partial charge in [0.1, 0.15) is 11.6 Å². The lowest BCUT2D eigenvalue weighted by Gasteiger charge is -2.12. The summed E-state index contributed by atoms with van der Waals surface area (Å²) < 4.78 is 26.7. The number of hydrogen-bond donors (Lipinski definition) is 1. The maximum atomic E-state index is 13.5. The fourth-order valence-corrected chi connectivity index (χ4v) is 1.73. The van der Waals surface area contributed by atoms with Gasteiger partial charge < -0.3 is 5.11 Å². The summed E-state index contributed by atoms with van der Waals surface area (Å²) in [5.41, 5.74) is 0.210. The summed E-state index contributed by atoms with van der Waals surface area (Å²) in [5, 5.41) is 8.50. The third-order valence-corrected chi connectivity index (χ3v) is 2.97. The van der Waals surface area contributed by atoms with Crippen LogP contribution in [0.1, 0.15) is 31.2 Å². The first-order chi connectivity index (χ1) is 7.41. The molecule has 0 aliphatic rings. The molecular formula is C11H11BrF2O2. The van der Waals surface area contributed by atoms with Crippen LogP contribution in [0.3, 0.4) is 0 Å². The summed E-state index contributed by atoms with van der Waals surface area (Å²) in [7, 11) is 0. The number of carbonyl (C=O) groups is 1. The van der Waals surface area contributed by atoms with Gasteiger partial charge in [-0.25, -0.2) is 8.78 Å². The molecule has 0 aromatic heterocycles. The number of halogens is 3. The molecule has 1 aromatic rings. The average molecular weight is 293 g/mol. The minimum Gasteiger partial charge on any atom is -0.481 e. The average Bonchev–Trinajstić information content (AvgIpc) is 2.20. The third-order valence-electron chi connectivity index (χ3n) is 2.36. The number of hydrogen-bond acceptors (Lipinski definition) is 1. The molecule has 0 spiro atoms. The maximum absolute atomic E-state index is 13.5. The second-order valence-electron chi connectivity index (χ2n) is 3.62. The van der Waals surface area contributed by atoms with E-state index < -0.39 is 17.6 Å². The van der Waals surface area contributed by atoms with Crippen molar-refractivity contribution in [3.05, 3.63) is 33.8 Å². The van der Waals surface area contributed by atoms with E-state index in [1.165, 1.54) is 0 Å². The van der Waals surface area contributed by atoms with Crippen LogP contribution in [-0.4, -0.2) is 11.1 Å². The zero-order valence-corrected chi connectivity index (χ0v) is 10.2. The fraction of sp³-hybridized carbons (Fsp3) is 0.364. The fourth-order valence-electron chi connectivity index (χ4n) is 1.41. The Bertz CT molecular complexity index is 407. The van der Waals surface area contributed by atoms with E-state index in [1.54, 1.807) is 6.92 Å². The van der Waals surface area contributed by atoms with Gasteiger partial charge in [-0.1, -0.05) is 6.92 Å². The molecule has 0 heterocycles. The number of carboxylic acids is 1. The molecule has 0 saturated heterocycles. The van der Waals surface area contributed by atoms with Crippen LogP contribution in [0.5, 0.6) is 0 Å². The molecule has 5 heteroatoms. The summed E-state index contributed by atoms with van der Waals surface area (Å²) >= 11 is 2.88. The van der Waals surface area contributed by atoms with E-state index in [2.05, 4.69) is 15.9 Å². The molecule has 1 atom stereocenters. The second kappa shape index (κ2) is 5.39. The van der Waals surface area contributed by atoms with Crippen molar-refractivity contribution in [1.29, 1.82) is 0 Å². The Morgan fingerprint density at radius 3 is 2.62 bits per heavy atom. The molecule has 1 aromatic carbocycles. The number of carboxylic acid groups (broad SMARTS) is 1. The van der Waals surface area contributed by atoms with Gasteiger partial charge in [0, 0.05) is 6.42 Å². The molecule has 0 bridgehead atoms. The normalized spacial score (nSPS) is 12.5. The first-order valence-electron chi connectivity index (χ1n) is 4.78. The molecular weight excluding hydrogens is 282 g/mol. The van der Waals surface area contributed by atoms with Gasteiger partial charge in [-0.3, -0.25) is 4.79 Å². The van der Waals surface area contributed by atoms with Gasteiger partial charge in [0.05, 0.1) is 4.47 Å². The first-order valence-corrected chi connectivity index (χ1v) is 5.57. The van der Waals surface area contributed by atoms with Gasteiger partial charge in [-0.15, -0.1) is 0 Å². The van der Waals surface area contributed by atoms with E-state index in [1.807, 2.05) is 0 Å². The summed E-state index contributed by atoms with van der Waals surface area (Å²) in [5.74, 6) is -2.33. The molecule has 0 radical (unpaired) electrons. The van der Waals surface area contributed by atoms with Crippen LogP contribution >= 0.6 is 15.9 Å². The smallest absolute Gasteiger partial charge is 0.303 e. The van der Waals surface area contributed by atoms with Crippen molar-refractivity contribution in [1.82, 2.24) is 0 Å². The minimum absolute atomic E-state index is 0.0573. The number of rotatable bonds is 4. The Balaban J connectivity index is 2.86. The molecule has 0 fully saturated rings. The molecule has 0 aliphatic heterocycles. The van der Waals surface area contributed by atoms with Crippen LogP contribution in [0.15, 0.2) is 16.6 Å². The molecule has 1 rings (SSSR count). The SMILES string of the molecule is CC(CCC(=O)O)c1cc(F)c(Br)cc1F. The Morgan fingerprint density at radius 2 is 2.06 bits per heavy atom. The summed E-state index contributed by atoms with van der Waals surface area (Å²) in [6.45, 7) is 1.68. The minimum atomic E-state index is -0.940. The number of aliphatic carboxylic acids is 1. The van der Waals surface area contributed by atoms with E-state index >= 15 is 0 Å². The van der Waals surface area contributed by atoms with Gasteiger partial charge >= 0.3 is 5.97 Å². The standard InChI is InChI=1S/C11H11BrF2O2/c1-6(2-3-11(15)16)7-4-10(14)8(12)5-9(7)13/h4-6H,2-3H2,1H3,(H,15,16). The molecule has 2 nitrogen and oxygen atoms in total. The van der Waals surface area contributed by atoms with Gasteiger partial charge in [0.2, 0.25) is 0 Å². The van der Waals surface area contributed by atoms with E-state index in [0.717, 1.165) is 12.1 Å². The lowest BCUT2D eigenvalue weighted by atomic mass is 9.95. The van der Waals surface area contributed by atoms with Crippen LogP contribution in [0.4, 0.5) is 8.78 Å². The summed E-state index contributed by atoms with van der Waals surface area (Å²) in [6, 6.07) is 2.16. The largest absolute Gasteiger partial charge is 0.481 e. The highest BCUT2D eigenvalue weighted by Crippen LogP contribution is 2.27. The van der Waals surface area contributed by atoms with Gasteiger partial charge in [0.15, 0.2) is 0 Å². The van der Waals surface area contributed by atoms with Crippen molar-refractivity contribution in [3.8, 4) is 0 Å². The van der Waals surface area contributed by atoms with Gasteiger partial charge in [-0.2, -0.15) is 0 Å². The molecule has 1 N–H and O–H groups in total.